The van der Waals surface area contributed by atoms with Crippen molar-refractivity contribution in [1.29, 1.82) is 0 Å². The van der Waals surface area contributed by atoms with Crippen molar-refractivity contribution in [3.05, 3.63) is 12.3 Å². The van der Waals surface area contributed by atoms with E-state index in [4.69, 9.17) is 0 Å². The van der Waals surface area contributed by atoms with Gasteiger partial charge in [-0.1, -0.05) is 11.8 Å². The highest BCUT2D eigenvalue weighted by molar-refractivity contribution is 5.57. The molecular weight excluding hydrogens is 128 g/mol. The van der Waals surface area contributed by atoms with Gasteiger partial charge in [-0.2, -0.15) is 0 Å². The summed E-state index contributed by atoms with van der Waals surface area (Å²) in [4.78, 5) is 3.72. The zero-order valence-electron chi connectivity index (χ0n) is 5.78. The molecule has 1 heterocycles. The predicted octanol–water partition coefficient (Wildman–Crippen LogP) is 0.790. The summed E-state index contributed by atoms with van der Waals surface area (Å²) in [6, 6.07) is 0. The molecule has 0 aromatic carbocycles. The maximum absolute atomic E-state index is 3.77. The molecule has 1 aromatic heterocycles. The number of aliphatic imine (C=N–C) groups is 1. The quantitative estimate of drug-likeness (QED) is 0.564. The van der Waals surface area contributed by atoms with E-state index in [9.17, 15) is 0 Å². The number of hydrogen-bond acceptors (Lipinski definition) is 3. The molecule has 0 saturated heterocycles. The minimum absolute atomic E-state index is 0.648. The highest BCUT2D eigenvalue weighted by atomic mass is 15.4. The Labute approximate surface area is 58.9 Å². The van der Waals surface area contributed by atoms with E-state index in [0.29, 0.717) is 11.5 Å². The fraction of sp³-hybridized carbons (Fsp3) is 0.167. The molecule has 0 atom stereocenters. The molecule has 52 valence electrons. The van der Waals surface area contributed by atoms with Gasteiger partial charge in [-0.05, 0) is 12.8 Å². The van der Waals surface area contributed by atoms with Crippen LogP contribution in [0.5, 0.6) is 0 Å². The lowest BCUT2D eigenvalue weighted by Crippen LogP contribution is -1.88. The Morgan fingerprint density at radius 1 is 1.70 bits per heavy atom. The second-order valence-corrected chi connectivity index (χ2v) is 1.78. The first-order valence-corrected chi connectivity index (χ1v) is 2.78. The van der Waals surface area contributed by atoms with Gasteiger partial charge in [0.05, 0.1) is 0 Å². The minimum atomic E-state index is 0.648. The summed E-state index contributed by atoms with van der Waals surface area (Å²) in [5.41, 5.74) is 0.664. The summed E-state index contributed by atoms with van der Waals surface area (Å²) in [6.45, 7) is 6.92. The lowest BCUT2D eigenvalue weighted by atomic mass is 10.4. The maximum atomic E-state index is 3.77. The molecule has 0 bridgehead atoms. The van der Waals surface area contributed by atoms with Crippen LogP contribution in [0.1, 0.15) is 5.69 Å². The molecule has 4 nitrogen and oxygen atoms in total. The van der Waals surface area contributed by atoms with Crippen LogP contribution in [0.4, 0.5) is 5.82 Å². The van der Waals surface area contributed by atoms with E-state index in [-0.39, 0.29) is 0 Å². The highest BCUT2D eigenvalue weighted by Gasteiger charge is 2.02. The number of nitrogens with zero attached hydrogens (tertiary/aromatic N) is 4. The minimum Gasteiger partial charge on any atom is -0.243 e. The van der Waals surface area contributed by atoms with Crippen molar-refractivity contribution in [1.82, 2.24) is 15.0 Å². The fourth-order valence-corrected chi connectivity index (χ4v) is 0.684. The number of aromatic nitrogens is 3. The van der Waals surface area contributed by atoms with Crippen molar-refractivity contribution in [3.63, 3.8) is 0 Å². The predicted molar refractivity (Wildman–Crippen MR) is 40.3 cm³/mol. The Balaban J connectivity index is 3.25. The average Bonchev–Trinajstić information content (AvgIpc) is 2.30. The monoisotopic (exact) mass is 136 g/mol. The van der Waals surface area contributed by atoms with E-state index in [2.05, 4.69) is 28.6 Å². The van der Waals surface area contributed by atoms with E-state index in [1.165, 1.54) is 0 Å². The molecule has 10 heavy (non-hydrogen) atoms. The SMILES string of the molecule is C=Cc1nnn(C)c1N=C. The maximum Gasteiger partial charge on any atom is 0.177 e. The van der Waals surface area contributed by atoms with E-state index in [1.54, 1.807) is 17.8 Å². The smallest absolute Gasteiger partial charge is 0.177 e. The normalized spacial score (nSPS) is 9.30. The summed E-state index contributed by atoms with van der Waals surface area (Å²) in [5.74, 6) is 0.648. The second kappa shape index (κ2) is 2.43. The van der Waals surface area contributed by atoms with Crippen molar-refractivity contribution in [3.8, 4) is 0 Å². The zero-order chi connectivity index (χ0) is 7.56. The van der Waals surface area contributed by atoms with Gasteiger partial charge < -0.3 is 0 Å². The van der Waals surface area contributed by atoms with Crippen LogP contribution in [0.2, 0.25) is 0 Å². The number of rotatable bonds is 2. The molecule has 0 aliphatic carbocycles. The molecule has 0 spiro atoms. The van der Waals surface area contributed by atoms with Gasteiger partial charge in [-0.15, -0.1) is 5.10 Å². The lowest BCUT2D eigenvalue weighted by molar-refractivity contribution is 0.718. The molecule has 1 rings (SSSR count). The van der Waals surface area contributed by atoms with Gasteiger partial charge in [0, 0.05) is 7.05 Å². The molecule has 0 aliphatic rings. The lowest BCUT2D eigenvalue weighted by Gasteiger charge is -1.89. The van der Waals surface area contributed by atoms with Crippen molar-refractivity contribution in [2.45, 2.75) is 0 Å². The zero-order valence-corrected chi connectivity index (χ0v) is 5.78. The first-order valence-electron chi connectivity index (χ1n) is 2.78. The standard InChI is InChI=1S/C6H8N4/c1-4-5-6(7-2)10(3)9-8-5/h4H,1-2H2,3H3. The molecule has 0 radical (unpaired) electrons. The van der Waals surface area contributed by atoms with Crippen LogP contribution in [-0.2, 0) is 7.05 Å². The van der Waals surface area contributed by atoms with Crippen LogP contribution < -0.4 is 0 Å². The first-order chi connectivity index (χ1) is 4.79. The van der Waals surface area contributed by atoms with Crippen LogP contribution in [0.25, 0.3) is 6.08 Å². The Bertz CT molecular complexity index is 261. The molecule has 0 aliphatic heterocycles. The summed E-state index contributed by atoms with van der Waals surface area (Å²) >= 11 is 0. The van der Waals surface area contributed by atoms with Gasteiger partial charge in [0.2, 0.25) is 0 Å². The van der Waals surface area contributed by atoms with Crippen molar-refractivity contribution in [2.75, 3.05) is 0 Å². The third kappa shape index (κ3) is 0.834. The first kappa shape index (κ1) is 6.67. The number of aryl methyl sites for hydroxylation is 1. The van der Waals surface area contributed by atoms with Gasteiger partial charge >= 0.3 is 0 Å². The van der Waals surface area contributed by atoms with E-state index < -0.39 is 0 Å². The summed E-state index contributed by atoms with van der Waals surface area (Å²) in [5, 5.41) is 7.49. The third-order valence-electron chi connectivity index (χ3n) is 1.17. The van der Waals surface area contributed by atoms with Crippen molar-refractivity contribution in [2.24, 2.45) is 12.0 Å². The van der Waals surface area contributed by atoms with Gasteiger partial charge in [0.25, 0.3) is 0 Å². The van der Waals surface area contributed by atoms with Crippen molar-refractivity contribution >= 4 is 18.6 Å². The molecule has 0 N–H and O–H groups in total. The van der Waals surface area contributed by atoms with Crippen LogP contribution in [-0.4, -0.2) is 21.7 Å². The molecule has 1 aromatic rings. The Morgan fingerprint density at radius 3 is 2.80 bits per heavy atom. The van der Waals surface area contributed by atoms with Gasteiger partial charge in [0.15, 0.2) is 5.82 Å². The molecule has 4 heteroatoms. The molecule has 0 saturated carbocycles. The highest BCUT2D eigenvalue weighted by Crippen LogP contribution is 2.13. The van der Waals surface area contributed by atoms with E-state index >= 15 is 0 Å². The van der Waals surface area contributed by atoms with Crippen LogP contribution in [0, 0.1) is 0 Å². The molecular formula is C6H8N4. The topological polar surface area (TPSA) is 43.1 Å². The van der Waals surface area contributed by atoms with E-state index in [0.717, 1.165) is 0 Å². The van der Waals surface area contributed by atoms with Gasteiger partial charge in [-0.25, -0.2) is 9.67 Å². The Kier molecular flexibility index (Phi) is 1.62. The fourth-order valence-electron chi connectivity index (χ4n) is 0.684. The molecule has 0 amide bonds. The van der Waals surface area contributed by atoms with Crippen LogP contribution in [0.15, 0.2) is 11.6 Å². The summed E-state index contributed by atoms with van der Waals surface area (Å²) in [6.07, 6.45) is 1.59. The largest absolute Gasteiger partial charge is 0.243 e. The third-order valence-corrected chi connectivity index (χ3v) is 1.17. The van der Waals surface area contributed by atoms with Crippen LogP contribution in [0.3, 0.4) is 0 Å². The van der Waals surface area contributed by atoms with Gasteiger partial charge in [-0.3, -0.25) is 0 Å². The summed E-state index contributed by atoms with van der Waals surface area (Å²) in [7, 11) is 1.75. The summed E-state index contributed by atoms with van der Waals surface area (Å²) < 4.78 is 1.55. The van der Waals surface area contributed by atoms with Gasteiger partial charge in [0.1, 0.15) is 5.69 Å². The second-order valence-electron chi connectivity index (χ2n) is 1.78. The Morgan fingerprint density at radius 2 is 2.40 bits per heavy atom. The van der Waals surface area contributed by atoms with Crippen molar-refractivity contribution < 1.29 is 0 Å². The molecule has 0 fully saturated rings. The Hall–Kier alpha value is -1.45. The van der Waals surface area contributed by atoms with Crippen LogP contribution >= 0.6 is 0 Å². The molecule has 0 unspecified atom stereocenters. The van der Waals surface area contributed by atoms with E-state index in [1.807, 2.05) is 0 Å². The number of hydrogen-bond donors (Lipinski definition) is 0. The average molecular weight is 136 g/mol.